The number of nitrogens with zero attached hydrogens (tertiary/aromatic N) is 4. The van der Waals surface area contributed by atoms with E-state index in [2.05, 4.69) is 19.1 Å². The molecule has 0 aliphatic rings. The molecule has 0 N–H and O–H groups in total. The minimum absolute atomic E-state index is 0.000437. The molecule has 3 rings (SSSR count). The van der Waals surface area contributed by atoms with Gasteiger partial charge in [0, 0.05) is 12.5 Å². The summed E-state index contributed by atoms with van der Waals surface area (Å²) >= 11 is 0. The Labute approximate surface area is 152 Å². The molecule has 0 aliphatic carbocycles. The molecule has 0 saturated carbocycles. The number of aromatic nitrogens is 4. The molecule has 12 heteroatoms. The first-order valence-corrected chi connectivity index (χ1v) is 9.23. The monoisotopic (exact) mass is 404 g/mol. The molecule has 0 radical (unpaired) electrons. The molecule has 0 aromatic carbocycles. The molecule has 0 spiro atoms. The second-order valence-electron chi connectivity index (χ2n) is 5.64. The molecular weight excluding hydrogens is 389 g/mol. The van der Waals surface area contributed by atoms with E-state index in [0.717, 1.165) is 0 Å². The summed E-state index contributed by atoms with van der Waals surface area (Å²) in [7, 11) is -4.48. The van der Waals surface area contributed by atoms with E-state index in [4.69, 9.17) is 4.74 Å². The Bertz CT molecular complexity index is 1130. The summed E-state index contributed by atoms with van der Waals surface area (Å²) in [5, 5.41) is 0. The smallest absolute Gasteiger partial charge is 0.481 e. The molecule has 0 saturated heterocycles. The summed E-state index contributed by atoms with van der Waals surface area (Å²) in [6.07, 6.45) is 1.18. The molecule has 8 nitrogen and oxygen atoms in total. The van der Waals surface area contributed by atoms with Crippen molar-refractivity contribution < 1.29 is 30.5 Å². The van der Waals surface area contributed by atoms with Crippen molar-refractivity contribution >= 4 is 26.8 Å². The Morgan fingerprint density at radius 1 is 1.19 bits per heavy atom. The molecular formula is C15H15F3N4O4S. The van der Waals surface area contributed by atoms with Gasteiger partial charge in [-0.1, -0.05) is 6.92 Å². The lowest BCUT2D eigenvalue weighted by molar-refractivity contribution is -0.0500. The van der Waals surface area contributed by atoms with Crippen LogP contribution < -0.4 is 8.92 Å². The second-order valence-corrected chi connectivity index (χ2v) is 7.18. The van der Waals surface area contributed by atoms with E-state index in [9.17, 15) is 21.6 Å². The summed E-state index contributed by atoms with van der Waals surface area (Å²) in [5.41, 5.74) is -4.92. The van der Waals surface area contributed by atoms with E-state index in [0.29, 0.717) is 18.7 Å². The molecule has 0 fully saturated rings. The fourth-order valence-corrected chi connectivity index (χ4v) is 3.04. The Balaban J connectivity index is 2.37. The van der Waals surface area contributed by atoms with Crippen molar-refractivity contribution in [3.05, 3.63) is 23.7 Å². The molecule has 0 unspecified atom stereocenters. The van der Waals surface area contributed by atoms with E-state index in [-0.39, 0.29) is 28.3 Å². The Kier molecular flexibility index (Phi) is 4.62. The van der Waals surface area contributed by atoms with Crippen LogP contribution in [0.25, 0.3) is 16.7 Å². The van der Waals surface area contributed by atoms with Gasteiger partial charge in [0.15, 0.2) is 5.65 Å². The number of fused-ring (bicyclic) bond motifs is 3. The normalized spacial score (nSPS) is 12.7. The molecule has 0 amide bonds. The zero-order chi connectivity index (χ0) is 20.0. The van der Waals surface area contributed by atoms with Gasteiger partial charge in [0.05, 0.1) is 12.8 Å². The number of alkyl halides is 3. The molecule has 0 bridgehead atoms. The topological polar surface area (TPSA) is 95.7 Å². The first-order chi connectivity index (χ1) is 12.6. The first kappa shape index (κ1) is 19.1. The van der Waals surface area contributed by atoms with Crippen LogP contribution >= 0.6 is 0 Å². The zero-order valence-electron chi connectivity index (χ0n) is 14.5. The number of halogens is 3. The average Bonchev–Trinajstić information content (AvgIpc) is 2.91. The Morgan fingerprint density at radius 2 is 1.89 bits per heavy atom. The standard InChI is InChI=1S/C15H15F3N4O4S/c1-4-5-10-19-8(2)12-14(26-27(23,24)15(16,17)18)20-9-6-7-11(25-3)21-13(9)22(10)12/h6-7H,4-5H2,1-3H3. The quantitative estimate of drug-likeness (QED) is 0.477. The van der Waals surface area contributed by atoms with Crippen LogP contribution in [-0.4, -0.2) is 40.4 Å². The van der Waals surface area contributed by atoms with Gasteiger partial charge in [-0.2, -0.15) is 26.6 Å². The average molecular weight is 404 g/mol. The molecule has 3 heterocycles. The molecule has 3 aromatic heterocycles. The van der Waals surface area contributed by atoms with Gasteiger partial charge in [-0.05, 0) is 19.4 Å². The van der Waals surface area contributed by atoms with Crippen LogP contribution in [-0.2, 0) is 16.5 Å². The van der Waals surface area contributed by atoms with Crippen LogP contribution in [0, 0.1) is 6.92 Å². The lowest BCUT2D eigenvalue weighted by Gasteiger charge is -2.12. The van der Waals surface area contributed by atoms with Gasteiger partial charge in [0.1, 0.15) is 16.9 Å². The molecule has 0 aliphatic heterocycles. The van der Waals surface area contributed by atoms with Crippen LogP contribution in [0.2, 0.25) is 0 Å². The number of pyridine rings is 1. The third-order valence-corrected chi connectivity index (χ3v) is 4.69. The van der Waals surface area contributed by atoms with Crippen molar-refractivity contribution in [3.8, 4) is 11.8 Å². The third-order valence-electron chi connectivity index (χ3n) is 3.74. The number of aryl methyl sites for hydroxylation is 2. The number of rotatable bonds is 5. The highest BCUT2D eigenvalue weighted by Gasteiger charge is 2.49. The van der Waals surface area contributed by atoms with E-state index < -0.39 is 21.5 Å². The van der Waals surface area contributed by atoms with E-state index in [1.165, 1.54) is 30.6 Å². The minimum Gasteiger partial charge on any atom is -0.481 e. The number of imidazole rings is 1. The van der Waals surface area contributed by atoms with Crippen molar-refractivity contribution in [1.29, 1.82) is 0 Å². The maximum Gasteiger partial charge on any atom is 0.534 e. The Morgan fingerprint density at radius 3 is 2.48 bits per heavy atom. The minimum atomic E-state index is -5.89. The van der Waals surface area contributed by atoms with Crippen molar-refractivity contribution in [2.24, 2.45) is 0 Å². The van der Waals surface area contributed by atoms with Crippen molar-refractivity contribution in [2.45, 2.75) is 32.2 Å². The van der Waals surface area contributed by atoms with Crippen LogP contribution in [0.15, 0.2) is 12.1 Å². The fraction of sp³-hybridized carbons (Fsp3) is 0.400. The SMILES string of the molecule is CCCc1nc(C)c2c(OS(=O)(=O)C(F)(F)F)nc3ccc(OC)nc3n12. The van der Waals surface area contributed by atoms with Gasteiger partial charge >= 0.3 is 15.6 Å². The summed E-state index contributed by atoms with van der Waals surface area (Å²) in [6.45, 7) is 3.43. The highest BCUT2D eigenvalue weighted by atomic mass is 32.2. The molecule has 0 atom stereocenters. The van der Waals surface area contributed by atoms with Crippen LogP contribution in [0.1, 0.15) is 24.9 Å². The van der Waals surface area contributed by atoms with Gasteiger partial charge in [-0.15, -0.1) is 0 Å². The Hall–Kier alpha value is -2.63. The summed E-state index contributed by atoms with van der Waals surface area (Å²) < 4.78 is 72.2. The van der Waals surface area contributed by atoms with Crippen LogP contribution in [0.4, 0.5) is 13.2 Å². The predicted molar refractivity (Wildman–Crippen MR) is 89.2 cm³/mol. The van der Waals surface area contributed by atoms with Gasteiger partial charge in [0.25, 0.3) is 5.88 Å². The van der Waals surface area contributed by atoms with E-state index >= 15 is 0 Å². The molecule has 3 aromatic rings. The summed E-state index contributed by atoms with van der Waals surface area (Å²) in [5.74, 6) is 0.0440. The largest absolute Gasteiger partial charge is 0.534 e. The lowest BCUT2D eigenvalue weighted by Crippen LogP contribution is -2.28. The van der Waals surface area contributed by atoms with E-state index in [1.807, 2.05) is 6.92 Å². The van der Waals surface area contributed by atoms with Gasteiger partial charge < -0.3 is 8.92 Å². The maximum atomic E-state index is 12.8. The second kappa shape index (κ2) is 6.51. The third kappa shape index (κ3) is 3.24. The highest BCUT2D eigenvalue weighted by Crippen LogP contribution is 2.32. The van der Waals surface area contributed by atoms with Crippen LogP contribution in [0.5, 0.6) is 11.8 Å². The van der Waals surface area contributed by atoms with Crippen molar-refractivity contribution in [2.75, 3.05) is 7.11 Å². The summed E-state index contributed by atoms with van der Waals surface area (Å²) in [6, 6.07) is 2.89. The van der Waals surface area contributed by atoms with Crippen LogP contribution in [0.3, 0.4) is 0 Å². The molecule has 27 heavy (non-hydrogen) atoms. The fourth-order valence-electron chi connectivity index (χ4n) is 2.62. The van der Waals surface area contributed by atoms with Crippen molar-refractivity contribution in [3.63, 3.8) is 0 Å². The first-order valence-electron chi connectivity index (χ1n) is 7.82. The highest BCUT2D eigenvalue weighted by molar-refractivity contribution is 7.88. The summed E-state index contributed by atoms with van der Waals surface area (Å²) in [4.78, 5) is 12.5. The van der Waals surface area contributed by atoms with Crippen molar-refractivity contribution in [1.82, 2.24) is 19.4 Å². The molecule has 146 valence electrons. The van der Waals surface area contributed by atoms with E-state index in [1.54, 1.807) is 0 Å². The number of hydrogen-bond acceptors (Lipinski definition) is 7. The number of methoxy groups -OCH3 is 1. The zero-order valence-corrected chi connectivity index (χ0v) is 15.3. The predicted octanol–water partition coefficient (Wildman–Crippen LogP) is 2.78. The number of hydrogen-bond donors (Lipinski definition) is 0. The van der Waals surface area contributed by atoms with Gasteiger partial charge in [-0.3, -0.25) is 4.40 Å². The number of ether oxygens (including phenoxy) is 1. The van der Waals surface area contributed by atoms with Gasteiger partial charge in [0.2, 0.25) is 5.88 Å². The maximum absolute atomic E-state index is 12.8. The van der Waals surface area contributed by atoms with Gasteiger partial charge in [-0.25, -0.2) is 9.97 Å². The lowest BCUT2D eigenvalue weighted by atomic mass is 10.3.